The van der Waals surface area contributed by atoms with E-state index in [1.807, 2.05) is 27.7 Å². The maximum absolute atomic E-state index is 2.40. The number of hydrogen-bond acceptors (Lipinski definition) is 0. The molecule has 0 heteroatoms. The van der Waals surface area contributed by atoms with Crippen LogP contribution in [0.4, 0.5) is 0 Å². The molecular formula is C70H160. The van der Waals surface area contributed by atoms with Gasteiger partial charge >= 0.3 is 0 Å². The van der Waals surface area contributed by atoms with Crippen LogP contribution in [0.5, 0.6) is 0 Å². The highest BCUT2D eigenvalue weighted by atomic mass is 14.3. The monoisotopic (exact) mass is 1000 g/mol. The van der Waals surface area contributed by atoms with Gasteiger partial charge in [0.1, 0.15) is 0 Å². The van der Waals surface area contributed by atoms with Crippen LogP contribution in [0, 0.1) is 57.7 Å². The summed E-state index contributed by atoms with van der Waals surface area (Å²) in [5.74, 6) is 6.92. The summed E-state index contributed by atoms with van der Waals surface area (Å²) in [6, 6.07) is 0. The zero-order valence-electron chi connectivity index (χ0n) is 57.6. The predicted molar refractivity (Wildman–Crippen MR) is 344 cm³/mol. The van der Waals surface area contributed by atoms with Gasteiger partial charge in [-0.1, -0.05) is 376 Å². The third-order valence-electron chi connectivity index (χ3n) is 12.2. The Balaban J connectivity index is -0.0000000706. The Hall–Kier alpha value is 0. The molecule has 4 aliphatic carbocycles. The topological polar surface area (TPSA) is 0 Å². The minimum atomic E-state index is 0.500. The molecule has 0 nitrogen and oxygen atoms in total. The minimum absolute atomic E-state index is 0.500. The second kappa shape index (κ2) is 73.2. The number of rotatable bonds is 8. The molecule has 440 valence electrons. The second-order valence-electron chi connectivity index (χ2n) is 26.0. The minimum Gasteiger partial charge on any atom is -0.0683 e. The van der Waals surface area contributed by atoms with Gasteiger partial charge in [-0.2, -0.15) is 0 Å². The molecule has 0 aromatic rings. The van der Waals surface area contributed by atoms with Crippen LogP contribution in [0.15, 0.2) is 0 Å². The van der Waals surface area contributed by atoms with Gasteiger partial charge in [0.15, 0.2) is 0 Å². The first kappa shape index (κ1) is 92.6. The fourth-order valence-corrected chi connectivity index (χ4v) is 5.40. The molecule has 0 aromatic carbocycles. The third kappa shape index (κ3) is 144. The van der Waals surface area contributed by atoms with Crippen molar-refractivity contribution in [3.63, 3.8) is 0 Å². The molecule has 0 amide bonds. The molecule has 0 aromatic heterocycles. The summed E-state index contributed by atoms with van der Waals surface area (Å²) in [5.41, 5.74) is 1.70. The van der Waals surface area contributed by atoms with E-state index < -0.39 is 0 Å². The van der Waals surface area contributed by atoms with Gasteiger partial charge in [0.2, 0.25) is 0 Å². The maximum Gasteiger partial charge on any atom is -0.0354 e. The molecular weight excluding hydrogens is 841 g/mol. The molecule has 4 aliphatic rings. The van der Waals surface area contributed by atoms with Gasteiger partial charge in [-0.15, -0.1) is 0 Å². The third-order valence-corrected chi connectivity index (χ3v) is 12.2. The molecule has 0 spiro atoms. The first-order chi connectivity index (χ1) is 32.5. The van der Waals surface area contributed by atoms with Crippen LogP contribution >= 0.6 is 0 Å². The molecule has 0 heterocycles. The van der Waals surface area contributed by atoms with E-state index in [0.717, 1.165) is 41.4 Å². The highest BCUT2D eigenvalue weighted by Crippen LogP contribution is 2.39. The van der Waals surface area contributed by atoms with Crippen LogP contribution in [0.1, 0.15) is 402 Å². The first-order valence-electron chi connectivity index (χ1n) is 32.5. The molecule has 0 aliphatic heterocycles. The summed E-state index contributed by atoms with van der Waals surface area (Å²) in [7, 11) is 0. The fraction of sp³-hybridized carbons (Fsp3) is 1.00. The van der Waals surface area contributed by atoms with Crippen LogP contribution < -0.4 is 0 Å². The molecule has 0 saturated heterocycles. The Morgan fingerprint density at radius 3 is 0.729 bits per heavy atom. The Morgan fingerprint density at radius 1 is 0.414 bits per heavy atom. The van der Waals surface area contributed by atoms with Gasteiger partial charge < -0.3 is 0 Å². The van der Waals surface area contributed by atoms with Crippen LogP contribution in [0.2, 0.25) is 0 Å². The molecule has 4 fully saturated rings. The summed E-state index contributed by atoms with van der Waals surface area (Å²) >= 11 is 0. The highest BCUT2D eigenvalue weighted by Gasteiger charge is 2.25. The van der Waals surface area contributed by atoms with Gasteiger partial charge in [-0.25, -0.2) is 0 Å². The van der Waals surface area contributed by atoms with Crippen molar-refractivity contribution in [2.24, 2.45) is 57.7 Å². The van der Waals surface area contributed by atoms with Crippen molar-refractivity contribution in [1.82, 2.24) is 0 Å². The van der Waals surface area contributed by atoms with E-state index in [1.54, 1.807) is 0 Å². The zero-order valence-corrected chi connectivity index (χ0v) is 57.6. The molecule has 0 atom stereocenters. The van der Waals surface area contributed by atoms with E-state index in [-0.39, 0.29) is 0 Å². The molecule has 0 N–H and O–H groups in total. The van der Waals surface area contributed by atoms with E-state index >= 15 is 0 Å². The Morgan fingerprint density at radius 2 is 0.614 bits per heavy atom. The smallest absolute Gasteiger partial charge is 0.0354 e. The Kier molecular flexibility index (Phi) is 96.9. The van der Waals surface area contributed by atoms with Crippen LogP contribution in [0.25, 0.3) is 0 Å². The molecule has 0 unspecified atom stereocenters. The summed E-state index contributed by atoms with van der Waals surface area (Å²) in [4.78, 5) is 0. The van der Waals surface area contributed by atoms with Crippen molar-refractivity contribution in [3.05, 3.63) is 0 Å². The van der Waals surface area contributed by atoms with Crippen LogP contribution in [-0.4, -0.2) is 0 Å². The SMILES string of the molecule is CC.CC.CC(C)(C)C.CC(C)C.CC1CC1.CCC.CCC(C)(C)C.CCC(C)C.CCC(C)C.CCC1CCC(C)(C)CC1.CCC1CCCC1.CCC1CCCCC1.CCCC.CCCCC. The normalized spacial score (nSPS) is 15.6. The summed E-state index contributed by atoms with van der Waals surface area (Å²) in [6.07, 6.45) is 38.4. The van der Waals surface area contributed by atoms with E-state index in [9.17, 15) is 0 Å². The molecule has 4 saturated carbocycles. The summed E-state index contributed by atoms with van der Waals surface area (Å²) in [5, 5.41) is 0. The highest BCUT2D eigenvalue weighted by molar-refractivity contribution is 4.77. The zero-order chi connectivity index (χ0) is 57.6. The summed E-state index contributed by atoms with van der Waals surface area (Å²) < 4.78 is 0. The van der Waals surface area contributed by atoms with Gasteiger partial charge in [0.25, 0.3) is 0 Å². The van der Waals surface area contributed by atoms with Crippen molar-refractivity contribution in [2.75, 3.05) is 0 Å². The van der Waals surface area contributed by atoms with Crippen molar-refractivity contribution >= 4 is 0 Å². The van der Waals surface area contributed by atoms with Crippen LogP contribution in [-0.2, 0) is 0 Å². The van der Waals surface area contributed by atoms with E-state index in [1.165, 1.54) is 173 Å². The first-order valence-corrected chi connectivity index (χ1v) is 32.5. The lowest BCUT2D eigenvalue weighted by Gasteiger charge is -2.33. The predicted octanol–water partition coefficient (Wildman–Crippen LogP) is 28.3. The number of hydrogen-bond donors (Lipinski definition) is 0. The van der Waals surface area contributed by atoms with Crippen molar-refractivity contribution < 1.29 is 0 Å². The Bertz CT molecular complexity index is 722. The lowest BCUT2D eigenvalue weighted by Crippen LogP contribution is -2.20. The van der Waals surface area contributed by atoms with Gasteiger partial charge in [-0.05, 0) is 83.4 Å². The van der Waals surface area contributed by atoms with Crippen LogP contribution in [0.3, 0.4) is 0 Å². The molecule has 0 radical (unpaired) electrons. The van der Waals surface area contributed by atoms with E-state index in [2.05, 4.69) is 201 Å². The summed E-state index contributed by atoms with van der Waals surface area (Å²) in [6.45, 7) is 72.5. The lowest BCUT2D eigenvalue weighted by atomic mass is 9.72. The second-order valence-corrected chi connectivity index (χ2v) is 26.0. The fourth-order valence-electron chi connectivity index (χ4n) is 5.40. The van der Waals surface area contributed by atoms with Crippen molar-refractivity contribution in [3.8, 4) is 0 Å². The van der Waals surface area contributed by atoms with Gasteiger partial charge in [-0.3, -0.25) is 0 Å². The molecule has 4 rings (SSSR count). The quantitative estimate of drug-likeness (QED) is 0.227. The van der Waals surface area contributed by atoms with Gasteiger partial charge in [0, 0.05) is 0 Å². The Labute approximate surface area is 457 Å². The molecule has 0 bridgehead atoms. The largest absolute Gasteiger partial charge is 0.0683 e. The number of unbranched alkanes of at least 4 members (excludes halogenated alkanes) is 3. The van der Waals surface area contributed by atoms with E-state index in [4.69, 9.17) is 0 Å². The van der Waals surface area contributed by atoms with Gasteiger partial charge in [0.05, 0.1) is 0 Å². The van der Waals surface area contributed by atoms with Crippen molar-refractivity contribution in [2.45, 2.75) is 402 Å². The van der Waals surface area contributed by atoms with E-state index in [0.29, 0.717) is 16.2 Å². The van der Waals surface area contributed by atoms with Crippen molar-refractivity contribution in [1.29, 1.82) is 0 Å². The lowest BCUT2D eigenvalue weighted by molar-refractivity contribution is 0.188. The average Bonchev–Trinajstić information content (AvgIpc) is 3.91. The average molecular weight is 1000 g/mol. The maximum atomic E-state index is 2.40. The standard InChI is InChI=1S/C10H20.C8H16.C7H14.C6H14.4C5H12.C4H8.2C4H10.C3H8.2C2H6/c1-4-9-5-7-10(2,3)8-6-9;1-2-8-6-4-3-5-7-8;1-2-7-5-3-4-6-7;1-5-6(2,3)4;1-5(2,3)4;2*1-4-5(2)3;1-3-5-4-2;1-4-2-3-4;1-4(2)3;1-3-4-2;1-3-2;2*1-2/h9H,4-8H2,1-3H3;8H,2-7H2,1H3;7H,2-6H2,1H3;5H2,1-4H3;1-4H3;2*5H,4H2,1-3H3;3-5H2,1-2H3;4H,2-3H2,1H3;4H,1-3H3;3-4H2,1-2H3;3H2,1-2H3;2*1-2H3. The molecule has 70 heavy (non-hydrogen) atoms.